The van der Waals surface area contributed by atoms with Crippen LogP contribution in [0.5, 0.6) is 0 Å². The van der Waals surface area contributed by atoms with Gasteiger partial charge in [0, 0.05) is 30.9 Å². The third-order valence-electron chi connectivity index (χ3n) is 3.79. The van der Waals surface area contributed by atoms with E-state index in [0.717, 1.165) is 30.8 Å². The standard InChI is InChI=1S/C14H22N4O/c1-10-5-6-12(13(15)19)9-18(10)14-11(8-16-2)4-3-7-17-14/h3-4,7,10,12,16H,5-6,8-9H2,1-2H3,(H2,15,19). The van der Waals surface area contributed by atoms with Gasteiger partial charge in [0.05, 0.1) is 5.92 Å². The molecule has 1 aliphatic heterocycles. The van der Waals surface area contributed by atoms with Crippen LogP contribution in [0.2, 0.25) is 0 Å². The van der Waals surface area contributed by atoms with Crippen LogP contribution in [0.15, 0.2) is 18.3 Å². The third kappa shape index (κ3) is 3.04. The molecular weight excluding hydrogens is 240 g/mol. The van der Waals surface area contributed by atoms with E-state index in [2.05, 4.69) is 28.2 Å². The Labute approximate surface area is 114 Å². The maximum atomic E-state index is 11.4. The van der Waals surface area contributed by atoms with Crippen LogP contribution in [0, 0.1) is 5.92 Å². The molecule has 0 aliphatic carbocycles. The van der Waals surface area contributed by atoms with Crippen molar-refractivity contribution in [3.8, 4) is 0 Å². The molecule has 2 atom stereocenters. The highest BCUT2D eigenvalue weighted by Crippen LogP contribution is 2.28. The fourth-order valence-corrected chi connectivity index (χ4v) is 2.65. The predicted octanol–water partition coefficient (Wildman–Crippen LogP) is 0.891. The van der Waals surface area contributed by atoms with Crippen LogP contribution in [0.3, 0.4) is 0 Å². The van der Waals surface area contributed by atoms with Crippen LogP contribution in [-0.2, 0) is 11.3 Å². The number of carbonyl (C=O) groups excluding carboxylic acids is 1. The van der Waals surface area contributed by atoms with Crippen molar-refractivity contribution in [1.82, 2.24) is 10.3 Å². The Morgan fingerprint density at radius 3 is 3.05 bits per heavy atom. The van der Waals surface area contributed by atoms with Gasteiger partial charge >= 0.3 is 0 Å². The summed E-state index contributed by atoms with van der Waals surface area (Å²) in [7, 11) is 1.92. The largest absolute Gasteiger partial charge is 0.369 e. The molecule has 0 spiro atoms. The first kappa shape index (κ1) is 13.8. The number of amides is 1. The van der Waals surface area contributed by atoms with Gasteiger partial charge in [-0.2, -0.15) is 0 Å². The van der Waals surface area contributed by atoms with Gasteiger partial charge < -0.3 is 16.0 Å². The first-order valence-corrected chi connectivity index (χ1v) is 6.78. The zero-order valence-corrected chi connectivity index (χ0v) is 11.6. The predicted molar refractivity (Wildman–Crippen MR) is 75.7 cm³/mol. The van der Waals surface area contributed by atoms with E-state index in [0.29, 0.717) is 12.6 Å². The van der Waals surface area contributed by atoms with Crippen molar-refractivity contribution >= 4 is 11.7 Å². The lowest BCUT2D eigenvalue weighted by atomic mass is 9.92. The molecule has 5 heteroatoms. The number of rotatable bonds is 4. The van der Waals surface area contributed by atoms with E-state index in [9.17, 15) is 4.79 Å². The van der Waals surface area contributed by atoms with Crippen LogP contribution < -0.4 is 16.0 Å². The number of hydrogen-bond donors (Lipinski definition) is 2. The van der Waals surface area contributed by atoms with Gasteiger partial charge in [-0.1, -0.05) is 6.07 Å². The molecule has 19 heavy (non-hydrogen) atoms. The van der Waals surface area contributed by atoms with Crippen LogP contribution >= 0.6 is 0 Å². The van der Waals surface area contributed by atoms with E-state index in [1.807, 2.05) is 13.1 Å². The lowest BCUT2D eigenvalue weighted by molar-refractivity contribution is -0.122. The molecule has 1 fully saturated rings. The number of aromatic nitrogens is 1. The molecule has 2 heterocycles. The van der Waals surface area contributed by atoms with Gasteiger partial charge in [-0.25, -0.2) is 4.98 Å². The van der Waals surface area contributed by atoms with Crippen molar-refractivity contribution in [2.75, 3.05) is 18.5 Å². The van der Waals surface area contributed by atoms with Crippen LogP contribution in [-0.4, -0.2) is 30.5 Å². The SMILES string of the molecule is CNCc1cccnc1N1CC(C(N)=O)CCC1C. The molecule has 1 saturated heterocycles. The van der Waals surface area contributed by atoms with Crippen molar-refractivity contribution < 1.29 is 4.79 Å². The second-order valence-corrected chi connectivity index (χ2v) is 5.19. The van der Waals surface area contributed by atoms with Gasteiger partial charge in [0.2, 0.25) is 5.91 Å². The average Bonchev–Trinajstić information content (AvgIpc) is 2.40. The van der Waals surface area contributed by atoms with Crippen LogP contribution in [0.4, 0.5) is 5.82 Å². The van der Waals surface area contributed by atoms with Gasteiger partial charge in [0.25, 0.3) is 0 Å². The smallest absolute Gasteiger partial charge is 0.222 e. The Balaban J connectivity index is 2.25. The first-order valence-electron chi connectivity index (χ1n) is 6.78. The summed E-state index contributed by atoms with van der Waals surface area (Å²) in [5, 5.41) is 3.15. The molecule has 1 aromatic rings. The van der Waals surface area contributed by atoms with E-state index in [1.165, 1.54) is 0 Å². The minimum Gasteiger partial charge on any atom is -0.369 e. The van der Waals surface area contributed by atoms with Gasteiger partial charge in [0.1, 0.15) is 5.82 Å². The molecule has 1 amide bonds. The van der Waals surface area contributed by atoms with Crippen molar-refractivity contribution in [3.63, 3.8) is 0 Å². The molecule has 1 aromatic heterocycles. The number of nitrogens with two attached hydrogens (primary N) is 1. The average molecular weight is 262 g/mol. The molecule has 0 saturated carbocycles. The Kier molecular flexibility index (Phi) is 4.37. The number of anilines is 1. The van der Waals surface area contributed by atoms with Gasteiger partial charge in [-0.05, 0) is 32.9 Å². The van der Waals surface area contributed by atoms with Crippen molar-refractivity contribution in [1.29, 1.82) is 0 Å². The number of pyridine rings is 1. The summed E-state index contributed by atoms with van der Waals surface area (Å²) in [6, 6.07) is 4.40. The summed E-state index contributed by atoms with van der Waals surface area (Å²) in [6.07, 6.45) is 3.65. The fraction of sp³-hybridized carbons (Fsp3) is 0.571. The van der Waals surface area contributed by atoms with Crippen molar-refractivity contribution in [2.24, 2.45) is 11.7 Å². The molecule has 0 bridgehead atoms. The maximum absolute atomic E-state index is 11.4. The number of primary amides is 1. The highest BCUT2D eigenvalue weighted by atomic mass is 16.1. The summed E-state index contributed by atoms with van der Waals surface area (Å²) in [5.41, 5.74) is 6.61. The highest BCUT2D eigenvalue weighted by molar-refractivity contribution is 5.77. The van der Waals surface area contributed by atoms with Gasteiger partial charge in [-0.3, -0.25) is 4.79 Å². The number of carbonyl (C=O) groups is 1. The van der Waals surface area contributed by atoms with E-state index < -0.39 is 0 Å². The first-order chi connectivity index (χ1) is 9.13. The number of nitrogens with one attached hydrogen (secondary N) is 1. The van der Waals surface area contributed by atoms with E-state index in [1.54, 1.807) is 6.20 Å². The third-order valence-corrected chi connectivity index (χ3v) is 3.79. The Hall–Kier alpha value is -1.62. The zero-order chi connectivity index (χ0) is 13.8. The molecule has 0 aromatic carbocycles. The highest BCUT2D eigenvalue weighted by Gasteiger charge is 2.30. The Bertz CT molecular complexity index is 449. The molecule has 2 unspecified atom stereocenters. The summed E-state index contributed by atoms with van der Waals surface area (Å²) < 4.78 is 0. The molecule has 0 radical (unpaired) electrons. The lowest BCUT2D eigenvalue weighted by Crippen LogP contribution is -2.46. The molecular formula is C14H22N4O. The monoisotopic (exact) mass is 262 g/mol. The summed E-state index contributed by atoms with van der Waals surface area (Å²) >= 11 is 0. The van der Waals surface area contributed by atoms with Crippen LogP contribution in [0.25, 0.3) is 0 Å². The molecule has 5 nitrogen and oxygen atoms in total. The maximum Gasteiger partial charge on any atom is 0.222 e. The number of hydrogen-bond acceptors (Lipinski definition) is 4. The number of nitrogens with zero attached hydrogens (tertiary/aromatic N) is 2. The lowest BCUT2D eigenvalue weighted by Gasteiger charge is -2.38. The van der Waals surface area contributed by atoms with E-state index >= 15 is 0 Å². The normalized spacial score (nSPS) is 23.4. The second kappa shape index (κ2) is 6.02. The summed E-state index contributed by atoms with van der Waals surface area (Å²) in [4.78, 5) is 18.1. The minimum atomic E-state index is -0.206. The van der Waals surface area contributed by atoms with E-state index in [4.69, 9.17) is 5.73 Å². The van der Waals surface area contributed by atoms with Gasteiger partial charge in [-0.15, -0.1) is 0 Å². The van der Waals surface area contributed by atoms with Crippen LogP contribution in [0.1, 0.15) is 25.3 Å². The molecule has 3 N–H and O–H groups in total. The summed E-state index contributed by atoms with van der Waals surface area (Å²) in [6.45, 7) is 3.62. The topological polar surface area (TPSA) is 71.2 Å². The quantitative estimate of drug-likeness (QED) is 0.845. The Morgan fingerprint density at radius 1 is 1.58 bits per heavy atom. The Morgan fingerprint density at radius 2 is 2.37 bits per heavy atom. The number of piperidine rings is 1. The van der Waals surface area contributed by atoms with Crippen molar-refractivity contribution in [2.45, 2.75) is 32.4 Å². The molecule has 1 aliphatic rings. The second-order valence-electron chi connectivity index (χ2n) is 5.19. The fourth-order valence-electron chi connectivity index (χ4n) is 2.65. The van der Waals surface area contributed by atoms with Crippen molar-refractivity contribution in [3.05, 3.63) is 23.9 Å². The molecule has 2 rings (SSSR count). The van der Waals surface area contributed by atoms with E-state index in [-0.39, 0.29) is 11.8 Å². The van der Waals surface area contributed by atoms with Gasteiger partial charge in [0.15, 0.2) is 0 Å². The minimum absolute atomic E-state index is 0.0689. The zero-order valence-electron chi connectivity index (χ0n) is 11.6. The molecule has 104 valence electrons. The summed E-state index contributed by atoms with van der Waals surface area (Å²) in [5.74, 6) is 0.693.